The van der Waals surface area contributed by atoms with Crippen LogP contribution in [0.25, 0.3) is 0 Å². The summed E-state index contributed by atoms with van der Waals surface area (Å²) in [4.78, 5) is 0. The van der Waals surface area contributed by atoms with Gasteiger partial charge in [-0.3, -0.25) is 0 Å². The molecule has 0 aliphatic carbocycles. The summed E-state index contributed by atoms with van der Waals surface area (Å²) in [5.74, 6) is 0. The van der Waals surface area contributed by atoms with Crippen molar-refractivity contribution in [2.75, 3.05) is 0 Å². The van der Waals surface area contributed by atoms with Crippen LogP contribution < -0.4 is 0 Å². The predicted molar refractivity (Wildman–Crippen MR) is 1910 cm³/mol. The Bertz CT molecular complexity index is 2670. The zero-order chi connectivity index (χ0) is 108. The summed E-state index contributed by atoms with van der Waals surface area (Å²) in [5.41, 5.74) is 0. The number of rotatable bonds is 66. The van der Waals surface area contributed by atoms with Gasteiger partial charge in [0.15, 0.2) is 0 Å². The van der Waals surface area contributed by atoms with Crippen molar-refractivity contribution in [3.63, 3.8) is 0 Å². The Labute approximate surface area is 1700 Å². The van der Waals surface area contributed by atoms with Crippen molar-refractivity contribution in [2.45, 2.75) is 0 Å². The molecule has 136 heteroatoms. The van der Waals surface area contributed by atoms with E-state index in [0.717, 1.165) is 0 Å². The van der Waals surface area contributed by atoms with E-state index >= 15 is 0 Å². The Morgan fingerprint density at radius 1 is 0.0368 bits per heavy atom. The van der Waals surface area contributed by atoms with Gasteiger partial charge >= 0.3 is 1810 Å². The van der Waals surface area contributed by atoms with E-state index in [1.165, 1.54) is 0 Å². The molecule has 0 radical (unpaired) electrons. The zero-order valence-electron chi connectivity index (χ0n) is 51.4. The molecule has 136 heavy (non-hydrogen) atoms. The van der Waals surface area contributed by atoms with Crippen molar-refractivity contribution in [1.29, 1.82) is 0 Å². The first-order valence-electron chi connectivity index (χ1n) is 19.3. The van der Waals surface area contributed by atoms with E-state index in [4.69, 9.17) is 0 Å². The van der Waals surface area contributed by atoms with E-state index in [9.17, 15) is 0 Å². The molecule has 0 rings (SSSR count). The average molecular weight is 17300 g/mol. The normalized spacial score (nSPS) is 19.3. The second-order valence-corrected chi connectivity index (χ2v) is 3280. The Morgan fingerprint density at radius 2 is 0.0588 bits per heavy atom. The molecular weight excluding hydrogens is 17300 g/mol. The van der Waals surface area contributed by atoms with Crippen molar-refractivity contribution in [3.05, 3.63) is 0 Å². The fourth-order valence-electron chi connectivity index (χ4n) is 2.01. The van der Waals surface area contributed by atoms with Crippen LogP contribution in [0.3, 0.4) is 0 Å². The molecule has 0 bridgehead atoms. The van der Waals surface area contributed by atoms with E-state index in [-0.39, 0.29) is 0 Å². The Morgan fingerprint density at radius 3 is 0.0809 bits per heavy atom. The van der Waals surface area contributed by atoms with Crippen molar-refractivity contribution in [3.8, 4) is 0 Å². The Balaban J connectivity index is 6.00. The van der Waals surface area contributed by atoms with Gasteiger partial charge in [0, 0.05) is 0 Å². The summed E-state index contributed by atoms with van der Waals surface area (Å²) < 4.78 is 0. The molecule has 0 heterocycles. The van der Waals surface area contributed by atoms with Gasteiger partial charge in [-0.05, 0) is 0 Å². The first kappa shape index (κ1) is 235. The van der Waals surface area contributed by atoms with E-state index in [1.54, 1.807) is 0 Å². The van der Waals surface area contributed by atoms with Gasteiger partial charge in [0.1, 0.15) is 0 Å². The third-order valence-electron chi connectivity index (χ3n) is 5.39. The first-order chi connectivity index (χ1) is 61.8. The van der Waals surface area contributed by atoms with Gasteiger partial charge in [-0.15, -0.1) is 0 Å². The SMILES string of the molecule is II(I)I(I)I(I)I(I)I(I)I(I)I(I)I(I)I(I)I(I)I(I)I(I)I(I)I(I)I(I)I(I)I(I)I(I)I(I)I(I)I(I)I(I)I(I)I(I)I(I)I(I)I(I)I(I)I(I)I(I)I(I)I(I)I(I)I(I)I(I)I(I)I(I)I(I)I(I)I(I)I(I)I(I)I(I)I(I)I(I)I(I)I(I)I(I)I(I)I(I)I(I)I(I)I(I)I(I)I(I)I(I)I(I)I(I)I(I)I(I)I(I)I(I)I(I)I(I)I(I)I(I)I(I)I. The summed E-state index contributed by atoms with van der Waals surface area (Å²) in [6.45, 7) is 0. The molecule has 0 saturated heterocycles. The molecule has 0 spiro atoms. The standard InChI is InChI=1S/I136/c1-70(2)72(5)74(7)76(9)78(11)80(13)82(15)84(17)86(19)88(21)90(23)92(25)94(27)96(29)98(31)100(33)102(35)104(37)106(39)108(41)110(43)112(45)114(47)116(49)118(51)120(53)122(55)124(57)126(59)128(61)130(63)132(65)134(67)136(69)135(68)133(66)131(64)129(62)127(60)125(58)123(56)121(54)119(52)117(50)115(48)113(46)111(44)109(42)107(40)105(38)103(36)101(34)99(32)97(30)95(28)93(26)91(24)89(22)87(20)85(18)83(16)81(14)79(12)77(10)75(8)73(6)71(3)4. The van der Waals surface area contributed by atoms with Crippen LogP contribution >= 0.6 is 1810 Å². The molecule has 0 saturated carbocycles. The second kappa shape index (κ2) is 141. The Hall–Kier alpha value is 99.3. The van der Waals surface area contributed by atoms with E-state index in [0.29, 0.717) is 0 Å². The average Bonchev–Trinajstić information content (AvgIpc) is 0.808. The summed E-state index contributed by atoms with van der Waals surface area (Å²) in [5, 5.41) is 0. The van der Waals surface area contributed by atoms with Crippen LogP contribution in [0.2, 0.25) is 0 Å². The van der Waals surface area contributed by atoms with Crippen molar-refractivity contribution < 1.29 is 0 Å². The number of hydrogen-bond donors (Lipinski definition) is 0. The van der Waals surface area contributed by atoms with Crippen LogP contribution in [0.15, 0.2) is 0 Å². The fourth-order valence-corrected chi connectivity index (χ4v) is 27200. The summed E-state index contributed by atoms with van der Waals surface area (Å²) >= 11 is 237. The van der Waals surface area contributed by atoms with Gasteiger partial charge in [0.2, 0.25) is 0 Å². The molecule has 0 atom stereocenters. The van der Waals surface area contributed by atoms with Gasteiger partial charge in [-0.2, -0.15) is 0 Å². The van der Waals surface area contributed by atoms with Crippen LogP contribution in [0.5, 0.6) is 0 Å². The minimum atomic E-state index is -0.686. The number of hydrogen-bond acceptors (Lipinski definition) is 0. The van der Waals surface area contributed by atoms with Crippen LogP contribution in [0, 0.1) is 0 Å². The summed E-state index contributed by atoms with van der Waals surface area (Å²) in [6, 6.07) is 0. The molecule has 0 aliphatic heterocycles. The van der Waals surface area contributed by atoms with Gasteiger partial charge < -0.3 is 0 Å². The summed E-state index contributed by atoms with van der Waals surface area (Å²) in [6.07, 6.45) is 0. The topological polar surface area (TPSA) is 0 Å². The maximum absolute atomic E-state index is 3.51. The molecule has 0 aliphatic rings. The summed E-state index contributed by atoms with van der Waals surface area (Å²) in [7, 11) is -42.9. The molecule has 0 aromatic rings. The molecule has 0 nitrogen and oxygen atoms in total. The fraction of sp³-hybridized carbons (Fsp3) is 0. The van der Waals surface area contributed by atoms with Crippen molar-refractivity contribution in [1.82, 2.24) is 0 Å². The van der Waals surface area contributed by atoms with Crippen molar-refractivity contribution in [2.24, 2.45) is 0 Å². The monoisotopic (exact) mass is 17300 g/mol. The van der Waals surface area contributed by atoms with Gasteiger partial charge in [0.05, 0.1) is 0 Å². The molecule has 0 unspecified atom stereocenters. The van der Waals surface area contributed by atoms with Crippen LogP contribution in [-0.2, 0) is 0 Å². The van der Waals surface area contributed by atoms with E-state index in [2.05, 4.69) is 1280 Å². The van der Waals surface area contributed by atoms with Gasteiger partial charge in [0.25, 0.3) is 0 Å². The third-order valence-corrected chi connectivity index (χ3v) is 10900. The molecule has 0 fully saturated rings. The number of halogens is 136. The van der Waals surface area contributed by atoms with Crippen LogP contribution in [0.1, 0.15) is 0 Å². The quantitative estimate of drug-likeness (QED) is 0.0533. The Kier molecular flexibility index (Phi) is 245. The van der Waals surface area contributed by atoms with Crippen molar-refractivity contribution >= 4 is 1810 Å². The molecule has 0 amide bonds. The first-order valence-corrected chi connectivity index (χ1v) is 868. The molecule has 0 aromatic heterocycles. The van der Waals surface area contributed by atoms with Gasteiger partial charge in [-0.1, -0.05) is 0 Å². The van der Waals surface area contributed by atoms with E-state index < -0.39 is 529 Å². The maximum atomic E-state index is 3.51. The molecule has 952 valence electrons. The minimum absolute atomic E-state index is 0.498. The third kappa shape index (κ3) is 95.4. The van der Waals surface area contributed by atoms with Crippen LogP contribution in [-0.4, -0.2) is 0 Å². The van der Waals surface area contributed by atoms with E-state index in [1.807, 2.05) is 0 Å². The second-order valence-electron chi connectivity index (χ2n) is 10.9. The molecule has 0 N–H and O–H groups in total. The predicted octanol–water partition coefficient (Wildman–Crippen LogP) is 120. The molecular formula is I136. The van der Waals surface area contributed by atoms with Crippen LogP contribution in [0.4, 0.5) is 0 Å². The zero-order valence-corrected chi connectivity index (χ0v) is 345. The molecule has 0 aromatic carbocycles. The van der Waals surface area contributed by atoms with Gasteiger partial charge in [-0.25, -0.2) is 0 Å².